The van der Waals surface area contributed by atoms with Crippen molar-refractivity contribution in [1.29, 1.82) is 0 Å². The van der Waals surface area contributed by atoms with Crippen LogP contribution in [0.4, 0.5) is 5.69 Å². The van der Waals surface area contributed by atoms with Gasteiger partial charge in [-0.05, 0) is 48.2 Å². The lowest BCUT2D eigenvalue weighted by Crippen LogP contribution is -2.49. The van der Waals surface area contributed by atoms with E-state index in [1.165, 1.54) is 6.26 Å². The van der Waals surface area contributed by atoms with E-state index in [0.29, 0.717) is 26.2 Å². The van der Waals surface area contributed by atoms with Crippen LogP contribution in [0.5, 0.6) is 11.5 Å². The summed E-state index contributed by atoms with van der Waals surface area (Å²) in [6.45, 7) is 4.25. The molecule has 0 aromatic heterocycles. The van der Waals surface area contributed by atoms with Crippen molar-refractivity contribution in [1.82, 2.24) is 5.32 Å². The van der Waals surface area contributed by atoms with E-state index in [4.69, 9.17) is 18.9 Å². The maximum atomic E-state index is 11.9. The van der Waals surface area contributed by atoms with Gasteiger partial charge < -0.3 is 29.2 Å². The highest BCUT2D eigenvalue weighted by atomic mass is 32.2. The van der Waals surface area contributed by atoms with Crippen LogP contribution in [0.3, 0.4) is 0 Å². The highest BCUT2D eigenvalue weighted by Crippen LogP contribution is 2.35. The highest BCUT2D eigenvalue weighted by molar-refractivity contribution is 7.90. The molecule has 1 N–H and O–H groups in total. The Morgan fingerprint density at radius 2 is 1.97 bits per heavy atom. The van der Waals surface area contributed by atoms with E-state index >= 15 is 0 Å². The smallest absolute Gasteiger partial charge is 0.148 e. The van der Waals surface area contributed by atoms with Crippen LogP contribution in [-0.4, -0.2) is 79.6 Å². The normalized spacial score (nSPS) is 22.1. The molecule has 200 valence electrons. The maximum absolute atomic E-state index is 11.9. The van der Waals surface area contributed by atoms with Crippen LogP contribution in [0.15, 0.2) is 42.5 Å². The number of rotatable bonds is 11. The van der Waals surface area contributed by atoms with Crippen molar-refractivity contribution in [3.63, 3.8) is 0 Å². The Morgan fingerprint density at radius 1 is 1.17 bits per heavy atom. The second-order valence-corrected chi connectivity index (χ2v) is 11.8. The Bertz CT molecular complexity index is 1100. The number of piperidine rings is 1. The van der Waals surface area contributed by atoms with Crippen molar-refractivity contribution < 1.29 is 28.8 Å². The highest BCUT2D eigenvalue weighted by Gasteiger charge is 2.33. The van der Waals surface area contributed by atoms with Crippen molar-refractivity contribution in [3.8, 4) is 11.5 Å². The predicted molar refractivity (Wildman–Crippen MR) is 143 cm³/mol. The Labute approximate surface area is 216 Å². The number of hydrogen-bond acceptors (Lipinski definition) is 8. The Morgan fingerprint density at radius 3 is 2.69 bits per heavy atom. The Kier molecular flexibility index (Phi) is 9.11. The number of sulfone groups is 1. The molecule has 0 radical (unpaired) electrons. The third-order valence-corrected chi connectivity index (χ3v) is 7.87. The van der Waals surface area contributed by atoms with E-state index in [1.807, 2.05) is 18.2 Å². The fourth-order valence-electron chi connectivity index (χ4n) is 5.08. The molecule has 2 aromatic rings. The van der Waals surface area contributed by atoms with Crippen LogP contribution in [0.25, 0.3) is 0 Å². The molecule has 2 aromatic carbocycles. The molecule has 1 fully saturated rings. The van der Waals surface area contributed by atoms with E-state index in [0.717, 1.165) is 54.4 Å². The number of fused-ring (bicyclic) bond motifs is 1. The van der Waals surface area contributed by atoms with Gasteiger partial charge in [0.05, 0.1) is 37.8 Å². The summed E-state index contributed by atoms with van der Waals surface area (Å²) in [6.07, 6.45) is 2.86. The molecular formula is C27H40N2O6S. The molecule has 36 heavy (non-hydrogen) atoms. The molecule has 0 spiro atoms. The number of anilines is 1. The van der Waals surface area contributed by atoms with Crippen molar-refractivity contribution in [3.05, 3.63) is 53.6 Å². The summed E-state index contributed by atoms with van der Waals surface area (Å²) >= 11 is 0. The summed E-state index contributed by atoms with van der Waals surface area (Å²) < 4.78 is 46.8. The molecule has 4 rings (SSSR count). The van der Waals surface area contributed by atoms with Crippen LogP contribution in [-0.2, 0) is 25.9 Å². The quantitative estimate of drug-likeness (QED) is 0.452. The molecule has 0 amide bonds. The third-order valence-electron chi connectivity index (χ3n) is 6.87. The zero-order chi connectivity index (χ0) is 25.5. The van der Waals surface area contributed by atoms with Crippen LogP contribution in [0.2, 0.25) is 0 Å². The van der Waals surface area contributed by atoms with Gasteiger partial charge in [0.2, 0.25) is 0 Å². The molecular weight excluding hydrogens is 480 g/mol. The summed E-state index contributed by atoms with van der Waals surface area (Å²) in [5.41, 5.74) is 3.31. The fourth-order valence-corrected chi connectivity index (χ4v) is 6.06. The van der Waals surface area contributed by atoms with E-state index in [1.54, 1.807) is 14.2 Å². The first-order chi connectivity index (χ1) is 17.4. The van der Waals surface area contributed by atoms with Gasteiger partial charge in [0.15, 0.2) is 0 Å². The van der Waals surface area contributed by atoms with Crippen molar-refractivity contribution in [2.24, 2.45) is 0 Å². The van der Waals surface area contributed by atoms with Gasteiger partial charge in [-0.3, -0.25) is 0 Å². The lowest BCUT2D eigenvalue weighted by atomic mass is 9.84. The van der Waals surface area contributed by atoms with Crippen LogP contribution >= 0.6 is 0 Å². The average Bonchev–Trinajstić information content (AvgIpc) is 2.87. The molecule has 0 bridgehead atoms. The van der Waals surface area contributed by atoms with Gasteiger partial charge in [-0.25, -0.2) is 8.42 Å². The monoisotopic (exact) mass is 520 g/mol. The second-order valence-electron chi connectivity index (χ2n) is 9.65. The molecule has 9 heteroatoms. The van der Waals surface area contributed by atoms with Crippen LogP contribution in [0, 0.1) is 0 Å². The fraction of sp³-hybridized carbons (Fsp3) is 0.556. The van der Waals surface area contributed by atoms with Gasteiger partial charge in [0, 0.05) is 46.4 Å². The summed E-state index contributed by atoms with van der Waals surface area (Å²) in [6, 6.07) is 14.1. The van der Waals surface area contributed by atoms with Gasteiger partial charge in [-0.15, -0.1) is 0 Å². The van der Waals surface area contributed by atoms with Gasteiger partial charge in [-0.1, -0.05) is 18.2 Å². The molecule has 3 atom stereocenters. The summed E-state index contributed by atoms with van der Waals surface area (Å²) in [5, 5.41) is 3.40. The topological polar surface area (TPSA) is 86.3 Å². The van der Waals surface area contributed by atoms with E-state index in [9.17, 15) is 8.42 Å². The first-order valence-corrected chi connectivity index (χ1v) is 14.6. The number of ether oxygens (including phenoxy) is 4. The van der Waals surface area contributed by atoms with Crippen LogP contribution in [0.1, 0.15) is 31.3 Å². The van der Waals surface area contributed by atoms with Crippen molar-refractivity contribution in [2.45, 2.75) is 37.5 Å². The standard InChI is InChI=1S/C27H38N2O6S.H2/c1-32-13-4-11-29-12-14-34-26-10-5-20(15-25(26)29)18-35-27-17-28-22(19-36(3,30)31)16-24(27)21-6-8-23(33-2)9-7-21;/h5-10,15,22,24,27-28H,4,11-14,16-19H2,1-3H3;1H/t22-,24+,27-;/m0./s1. The summed E-state index contributed by atoms with van der Waals surface area (Å²) in [4.78, 5) is 2.35. The largest absolute Gasteiger partial charge is 0.497 e. The third kappa shape index (κ3) is 7.12. The molecule has 8 nitrogen and oxygen atoms in total. The van der Waals surface area contributed by atoms with Gasteiger partial charge in [-0.2, -0.15) is 0 Å². The maximum Gasteiger partial charge on any atom is 0.148 e. The van der Waals surface area contributed by atoms with Gasteiger partial charge >= 0.3 is 0 Å². The predicted octanol–water partition coefficient (Wildman–Crippen LogP) is 3.25. The first kappa shape index (κ1) is 26.7. The summed E-state index contributed by atoms with van der Waals surface area (Å²) in [5.74, 6) is 1.90. The van der Waals surface area contributed by atoms with E-state index in [-0.39, 0.29) is 25.2 Å². The molecule has 0 aliphatic carbocycles. The lowest BCUT2D eigenvalue weighted by Gasteiger charge is -2.37. The van der Waals surface area contributed by atoms with Gasteiger partial charge in [0.1, 0.15) is 27.9 Å². The molecule has 1 saturated heterocycles. The van der Waals surface area contributed by atoms with Crippen molar-refractivity contribution >= 4 is 15.5 Å². The van der Waals surface area contributed by atoms with Gasteiger partial charge in [0.25, 0.3) is 0 Å². The summed E-state index contributed by atoms with van der Waals surface area (Å²) in [7, 11) is 0.293. The minimum atomic E-state index is -3.08. The molecule has 0 unspecified atom stereocenters. The zero-order valence-corrected chi connectivity index (χ0v) is 22.3. The number of methoxy groups -OCH3 is 2. The van der Waals surface area contributed by atoms with Crippen LogP contribution < -0.4 is 19.7 Å². The molecule has 2 aliphatic heterocycles. The number of benzene rings is 2. The number of hydrogen-bond donors (Lipinski definition) is 1. The number of nitrogens with zero attached hydrogens (tertiary/aromatic N) is 1. The van der Waals surface area contributed by atoms with E-state index in [2.05, 4.69) is 34.5 Å². The Balaban J connectivity index is 0.00000380. The molecule has 2 aliphatic rings. The molecule has 2 heterocycles. The lowest BCUT2D eigenvalue weighted by molar-refractivity contribution is 0.00441. The Hall–Kier alpha value is -2.33. The van der Waals surface area contributed by atoms with Crippen molar-refractivity contribution in [2.75, 3.05) is 64.0 Å². The average molecular weight is 521 g/mol. The first-order valence-electron chi connectivity index (χ1n) is 12.5. The zero-order valence-electron chi connectivity index (χ0n) is 21.4. The SMILES string of the molecule is COCCCN1CCOc2ccc(CO[C@H]3CN[C@H](CS(C)(=O)=O)C[C@@H]3c3ccc(OC)cc3)cc21.[HH]. The minimum Gasteiger partial charge on any atom is -0.497 e. The van der Waals surface area contributed by atoms with E-state index < -0.39 is 9.84 Å². The minimum absolute atomic E-state index is 0. The number of nitrogens with one attached hydrogen (secondary N) is 1. The second kappa shape index (κ2) is 12.3. The molecule has 0 saturated carbocycles.